The van der Waals surface area contributed by atoms with Crippen LogP contribution in [0.15, 0.2) is 18.2 Å². The van der Waals surface area contributed by atoms with Gasteiger partial charge < -0.3 is 15.2 Å². The van der Waals surface area contributed by atoms with Crippen LogP contribution in [0.25, 0.3) is 10.9 Å². The average Bonchev–Trinajstić information content (AvgIpc) is 3.01. The number of halogens is 1. The van der Waals surface area contributed by atoms with Crippen molar-refractivity contribution in [3.8, 4) is 0 Å². The number of nitrogens with zero attached hydrogens (tertiary/aromatic N) is 1. The van der Waals surface area contributed by atoms with Crippen LogP contribution in [0.5, 0.6) is 0 Å². The zero-order chi connectivity index (χ0) is 14.3. The van der Waals surface area contributed by atoms with E-state index in [9.17, 15) is 9.18 Å². The minimum atomic E-state index is -0.260. The first-order valence-corrected chi connectivity index (χ1v) is 6.82. The van der Waals surface area contributed by atoms with Gasteiger partial charge in [0.15, 0.2) is 0 Å². The molecule has 0 aliphatic carbocycles. The molecule has 1 aliphatic rings. The first-order valence-electron chi connectivity index (χ1n) is 6.82. The Hall–Kier alpha value is -1.88. The molecular formula is C15H18FN3O. The van der Waals surface area contributed by atoms with Crippen LogP contribution in [0, 0.1) is 12.7 Å². The van der Waals surface area contributed by atoms with E-state index in [1.807, 2.05) is 7.05 Å². The van der Waals surface area contributed by atoms with Crippen molar-refractivity contribution in [3.05, 3.63) is 35.3 Å². The normalized spacial score (nSPS) is 19.6. The summed E-state index contributed by atoms with van der Waals surface area (Å²) in [4.78, 5) is 17.4. The minimum absolute atomic E-state index is 0.124. The van der Waals surface area contributed by atoms with Gasteiger partial charge >= 0.3 is 0 Å². The number of H-pyrrole nitrogens is 1. The summed E-state index contributed by atoms with van der Waals surface area (Å²) in [5.74, 6) is -0.384. The van der Waals surface area contributed by atoms with Gasteiger partial charge in [-0.05, 0) is 45.1 Å². The van der Waals surface area contributed by atoms with Crippen LogP contribution in [-0.2, 0) is 0 Å². The van der Waals surface area contributed by atoms with E-state index in [0.717, 1.165) is 24.9 Å². The predicted molar refractivity (Wildman–Crippen MR) is 76.4 cm³/mol. The van der Waals surface area contributed by atoms with Gasteiger partial charge in [0.2, 0.25) is 0 Å². The van der Waals surface area contributed by atoms with Crippen LogP contribution >= 0.6 is 0 Å². The van der Waals surface area contributed by atoms with Crippen LogP contribution in [0.4, 0.5) is 4.39 Å². The molecule has 2 heterocycles. The maximum absolute atomic E-state index is 13.5. The van der Waals surface area contributed by atoms with Crippen LogP contribution < -0.4 is 5.32 Å². The van der Waals surface area contributed by atoms with E-state index in [4.69, 9.17) is 0 Å². The lowest BCUT2D eigenvalue weighted by atomic mass is 10.1. The molecule has 1 aromatic carbocycles. The third-order valence-corrected chi connectivity index (χ3v) is 3.96. The Balaban J connectivity index is 1.83. The summed E-state index contributed by atoms with van der Waals surface area (Å²) in [6, 6.07) is 5.08. The summed E-state index contributed by atoms with van der Waals surface area (Å²) in [6.45, 7) is 3.59. The quantitative estimate of drug-likeness (QED) is 0.881. The Morgan fingerprint density at radius 3 is 3.00 bits per heavy atom. The summed E-state index contributed by atoms with van der Waals surface area (Å²) >= 11 is 0. The maximum Gasteiger partial charge on any atom is 0.267 e. The Kier molecular flexibility index (Phi) is 3.22. The molecular weight excluding hydrogens is 257 g/mol. The molecule has 2 aromatic rings. The maximum atomic E-state index is 13.5. The average molecular weight is 275 g/mol. The zero-order valence-corrected chi connectivity index (χ0v) is 11.7. The molecule has 1 atom stereocenters. The largest absolute Gasteiger partial charge is 0.350 e. The number of nitrogens with one attached hydrogen (secondary N) is 2. The van der Waals surface area contributed by atoms with E-state index in [0.29, 0.717) is 16.8 Å². The van der Waals surface area contributed by atoms with Crippen molar-refractivity contribution in [2.45, 2.75) is 19.4 Å². The van der Waals surface area contributed by atoms with Crippen LogP contribution in [0.2, 0.25) is 0 Å². The molecule has 106 valence electrons. The number of likely N-dealkylation sites (N-methyl/N-ethyl adjacent to an activating group) is 1. The van der Waals surface area contributed by atoms with E-state index in [-0.39, 0.29) is 17.8 Å². The highest BCUT2D eigenvalue weighted by molar-refractivity contribution is 5.98. The number of hydrogen-bond acceptors (Lipinski definition) is 2. The molecule has 0 saturated carbocycles. The molecule has 1 amide bonds. The molecule has 0 bridgehead atoms. The van der Waals surface area contributed by atoms with E-state index in [1.54, 1.807) is 19.1 Å². The summed E-state index contributed by atoms with van der Waals surface area (Å²) in [5, 5.41) is 3.87. The van der Waals surface area contributed by atoms with Gasteiger partial charge in [0.25, 0.3) is 5.91 Å². The number of carbonyl (C=O) groups excluding carboxylic acids is 1. The number of fused-ring (bicyclic) bond motifs is 1. The van der Waals surface area contributed by atoms with E-state index in [1.165, 1.54) is 6.07 Å². The zero-order valence-electron chi connectivity index (χ0n) is 11.7. The van der Waals surface area contributed by atoms with Gasteiger partial charge in [-0.15, -0.1) is 0 Å². The Morgan fingerprint density at radius 2 is 2.30 bits per heavy atom. The number of aromatic amines is 1. The topological polar surface area (TPSA) is 48.1 Å². The molecule has 3 rings (SSSR count). The molecule has 2 N–H and O–H groups in total. The molecule has 5 heteroatoms. The standard InChI is InChI=1S/C15H18FN3O/c1-9-12(16)4-3-10-7-13(18-14(9)10)15(20)17-11-5-6-19(2)8-11/h3-4,7,11,18H,5-6,8H2,1-2H3,(H,17,20)/t11-/m1/s1. The number of carbonyl (C=O) groups is 1. The van der Waals surface area contributed by atoms with Gasteiger partial charge in [0.1, 0.15) is 11.5 Å². The molecule has 1 fully saturated rings. The fraction of sp³-hybridized carbons (Fsp3) is 0.400. The Bertz CT molecular complexity index is 664. The summed E-state index contributed by atoms with van der Waals surface area (Å²) < 4.78 is 13.5. The van der Waals surface area contributed by atoms with Gasteiger partial charge in [-0.25, -0.2) is 4.39 Å². The lowest BCUT2D eigenvalue weighted by Gasteiger charge is -2.11. The first kappa shape index (κ1) is 13.1. The number of aryl methyl sites for hydroxylation is 1. The highest BCUT2D eigenvalue weighted by atomic mass is 19.1. The molecule has 0 unspecified atom stereocenters. The fourth-order valence-electron chi connectivity index (χ4n) is 2.76. The van der Waals surface area contributed by atoms with Crippen LogP contribution in [0.1, 0.15) is 22.5 Å². The van der Waals surface area contributed by atoms with Gasteiger partial charge in [-0.1, -0.05) is 0 Å². The second-order valence-electron chi connectivity index (χ2n) is 5.54. The molecule has 0 radical (unpaired) electrons. The van der Waals surface area contributed by atoms with Crippen LogP contribution in [0.3, 0.4) is 0 Å². The number of benzene rings is 1. The number of hydrogen-bond donors (Lipinski definition) is 2. The molecule has 1 aliphatic heterocycles. The SMILES string of the molecule is Cc1c(F)ccc2cc(C(=O)N[C@@H]3CCN(C)C3)[nH]c12. The number of rotatable bonds is 2. The highest BCUT2D eigenvalue weighted by Crippen LogP contribution is 2.21. The number of amides is 1. The molecule has 4 nitrogen and oxygen atoms in total. The van der Waals surface area contributed by atoms with Gasteiger partial charge in [0.05, 0.1) is 5.52 Å². The molecule has 20 heavy (non-hydrogen) atoms. The predicted octanol–water partition coefficient (Wildman–Crippen LogP) is 2.05. The summed E-state index contributed by atoms with van der Waals surface area (Å²) in [6.07, 6.45) is 0.968. The van der Waals surface area contributed by atoms with Crippen molar-refractivity contribution in [3.63, 3.8) is 0 Å². The van der Waals surface area contributed by atoms with Crippen LogP contribution in [-0.4, -0.2) is 42.0 Å². The van der Waals surface area contributed by atoms with Gasteiger partial charge in [0, 0.05) is 23.5 Å². The van der Waals surface area contributed by atoms with Crippen molar-refractivity contribution in [1.82, 2.24) is 15.2 Å². The first-order chi connectivity index (χ1) is 9.54. The minimum Gasteiger partial charge on any atom is -0.350 e. The lowest BCUT2D eigenvalue weighted by molar-refractivity contribution is 0.0934. The van der Waals surface area contributed by atoms with Crippen molar-refractivity contribution in [2.75, 3.05) is 20.1 Å². The van der Waals surface area contributed by atoms with E-state index in [2.05, 4.69) is 15.2 Å². The van der Waals surface area contributed by atoms with Gasteiger partial charge in [-0.2, -0.15) is 0 Å². The molecule has 1 aromatic heterocycles. The smallest absolute Gasteiger partial charge is 0.267 e. The van der Waals surface area contributed by atoms with Crippen molar-refractivity contribution in [1.29, 1.82) is 0 Å². The number of aromatic nitrogens is 1. The van der Waals surface area contributed by atoms with Crippen molar-refractivity contribution < 1.29 is 9.18 Å². The van der Waals surface area contributed by atoms with E-state index >= 15 is 0 Å². The third kappa shape index (κ3) is 2.29. The second kappa shape index (κ2) is 4.90. The lowest BCUT2D eigenvalue weighted by Crippen LogP contribution is -2.36. The number of likely N-dealkylation sites (tertiary alicyclic amines) is 1. The summed E-state index contributed by atoms with van der Waals surface area (Å²) in [5.41, 5.74) is 1.73. The monoisotopic (exact) mass is 275 g/mol. The second-order valence-corrected chi connectivity index (χ2v) is 5.54. The Morgan fingerprint density at radius 1 is 1.50 bits per heavy atom. The van der Waals surface area contributed by atoms with Gasteiger partial charge in [-0.3, -0.25) is 4.79 Å². The highest BCUT2D eigenvalue weighted by Gasteiger charge is 2.22. The fourth-order valence-corrected chi connectivity index (χ4v) is 2.76. The molecule has 1 saturated heterocycles. The van der Waals surface area contributed by atoms with Crippen molar-refractivity contribution >= 4 is 16.8 Å². The third-order valence-electron chi connectivity index (χ3n) is 3.96. The van der Waals surface area contributed by atoms with E-state index < -0.39 is 0 Å². The molecule has 0 spiro atoms. The summed E-state index contributed by atoms with van der Waals surface area (Å²) in [7, 11) is 2.04. The van der Waals surface area contributed by atoms with Crippen molar-refractivity contribution in [2.24, 2.45) is 0 Å². The Labute approximate surface area is 117 Å².